The van der Waals surface area contributed by atoms with E-state index in [-0.39, 0.29) is 0 Å². The molecule has 0 unspecified atom stereocenters. The molecule has 0 saturated carbocycles. The van der Waals surface area contributed by atoms with Crippen LogP contribution in [0.3, 0.4) is 0 Å². The Morgan fingerprint density at radius 2 is 1.96 bits per heavy atom. The van der Waals surface area contributed by atoms with E-state index in [1.165, 1.54) is 7.11 Å². The predicted molar refractivity (Wildman–Crippen MR) is 85.7 cm³/mol. The molecule has 0 aliphatic heterocycles. The Kier molecular flexibility index (Phi) is 3.97. The van der Waals surface area contributed by atoms with Gasteiger partial charge in [0.2, 0.25) is 0 Å². The number of carbonyl (C=O) groups is 1. The third-order valence-corrected chi connectivity index (χ3v) is 3.62. The quantitative estimate of drug-likeness (QED) is 0.693. The molecule has 0 saturated heterocycles. The Hall–Kier alpha value is -2.89. The second-order valence-corrected chi connectivity index (χ2v) is 5.20. The monoisotopic (exact) mass is 311 g/mol. The Bertz CT molecular complexity index is 853. The third kappa shape index (κ3) is 2.88. The van der Waals surface area contributed by atoms with Crippen LogP contribution in [0.15, 0.2) is 36.7 Å². The van der Waals surface area contributed by atoms with E-state index >= 15 is 0 Å². The topological polar surface area (TPSA) is 66.2 Å². The third-order valence-electron chi connectivity index (χ3n) is 3.62. The maximum absolute atomic E-state index is 11.9. The van der Waals surface area contributed by atoms with Gasteiger partial charge in [-0.25, -0.2) is 14.8 Å². The number of rotatable bonds is 4. The molecule has 0 radical (unpaired) electrons. The van der Waals surface area contributed by atoms with E-state index < -0.39 is 5.97 Å². The zero-order chi connectivity index (χ0) is 16.4. The summed E-state index contributed by atoms with van der Waals surface area (Å²) in [5, 5.41) is 0. The summed E-state index contributed by atoms with van der Waals surface area (Å²) in [5.74, 6) is 0.404. The predicted octanol–water partition coefficient (Wildman–Crippen LogP) is 2.58. The highest BCUT2D eigenvalue weighted by molar-refractivity contribution is 6.01. The lowest BCUT2D eigenvalue weighted by Gasteiger charge is -2.07. The number of benzene rings is 1. The molecule has 0 N–H and O–H groups in total. The van der Waals surface area contributed by atoms with Gasteiger partial charge in [0.15, 0.2) is 5.65 Å². The van der Waals surface area contributed by atoms with Gasteiger partial charge >= 0.3 is 5.97 Å². The molecule has 118 valence electrons. The molecule has 2 aromatic heterocycles. The van der Waals surface area contributed by atoms with Crippen molar-refractivity contribution in [3.05, 3.63) is 53.5 Å². The van der Waals surface area contributed by atoms with Crippen LogP contribution in [-0.4, -0.2) is 34.7 Å². The lowest BCUT2D eigenvalue weighted by atomic mass is 10.2. The fraction of sp³-hybridized carbons (Fsp3) is 0.235. The summed E-state index contributed by atoms with van der Waals surface area (Å²) in [7, 11) is 3.00. The number of aryl methyl sites for hydroxylation is 1. The number of esters is 1. The molecule has 0 fully saturated rings. The molecule has 0 spiro atoms. The number of ether oxygens (including phenoxy) is 2. The molecule has 2 heterocycles. The first-order chi connectivity index (χ1) is 11.1. The largest absolute Gasteiger partial charge is 0.497 e. The number of aromatic nitrogens is 3. The second-order valence-electron chi connectivity index (χ2n) is 5.20. The SMILES string of the molecule is COC(=O)c1cc(C)nc2c1ncn2Cc1ccc(OC)cc1. The summed E-state index contributed by atoms with van der Waals surface area (Å²) < 4.78 is 11.9. The van der Waals surface area contributed by atoms with Gasteiger partial charge in [-0.2, -0.15) is 0 Å². The highest BCUT2D eigenvalue weighted by Gasteiger charge is 2.16. The molecule has 3 aromatic rings. The minimum Gasteiger partial charge on any atom is -0.497 e. The van der Waals surface area contributed by atoms with Crippen molar-refractivity contribution in [1.82, 2.24) is 14.5 Å². The minimum atomic E-state index is -0.407. The summed E-state index contributed by atoms with van der Waals surface area (Å²) in [6, 6.07) is 9.49. The van der Waals surface area contributed by atoms with E-state index in [1.807, 2.05) is 35.8 Å². The summed E-state index contributed by atoms with van der Waals surface area (Å²) >= 11 is 0. The fourth-order valence-corrected chi connectivity index (χ4v) is 2.47. The van der Waals surface area contributed by atoms with E-state index in [4.69, 9.17) is 9.47 Å². The van der Waals surface area contributed by atoms with E-state index in [1.54, 1.807) is 19.5 Å². The summed E-state index contributed by atoms with van der Waals surface area (Å²) in [4.78, 5) is 20.7. The van der Waals surface area contributed by atoms with E-state index in [9.17, 15) is 4.79 Å². The van der Waals surface area contributed by atoms with Gasteiger partial charge in [0.05, 0.1) is 32.7 Å². The molecule has 6 nitrogen and oxygen atoms in total. The first-order valence-electron chi connectivity index (χ1n) is 7.16. The second kappa shape index (κ2) is 6.08. The first kappa shape index (κ1) is 15.0. The minimum absolute atomic E-state index is 0.407. The number of methoxy groups -OCH3 is 2. The van der Waals surface area contributed by atoms with Gasteiger partial charge in [-0.15, -0.1) is 0 Å². The van der Waals surface area contributed by atoms with Crippen LogP contribution in [0.25, 0.3) is 11.2 Å². The molecule has 3 rings (SSSR count). The summed E-state index contributed by atoms with van der Waals surface area (Å²) in [6.07, 6.45) is 1.69. The first-order valence-corrected chi connectivity index (χ1v) is 7.16. The van der Waals surface area contributed by atoms with Gasteiger partial charge < -0.3 is 14.0 Å². The Morgan fingerprint density at radius 3 is 2.61 bits per heavy atom. The van der Waals surface area contributed by atoms with Crippen molar-refractivity contribution in [3.63, 3.8) is 0 Å². The van der Waals surface area contributed by atoms with Gasteiger partial charge in [-0.3, -0.25) is 0 Å². The molecular weight excluding hydrogens is 294 g/mol. The van der Waals surface area contributed by atoms with Crippen molar-refractivity contribution < 1.29 is 14.3 Å². The summed E-state index contributed by atoms with van der Waals surface area (Å²) in [6.45, 7) is 2.45. The van der Waals surface area contributed by atoms with Crippen LogP contribution in [0.4, 0.5) is 0 Å². The Morgan fingerprint density at radius 1 is 1.22 bits per heavy atom. The lowest BCUT2D eigenvalue weighted by molar-refractivity contribution is 0.0602. The Balaban J connectivity index is 2.01. The molecule has 0 aliphatic carbocycles. The van der Waals surface area contributed by atoms with Crippen molar-refractivity contribution in [2.75, 3.05) is 14.2 Å². The van der Waals surface area contributed by atoms with Crippen molar-refractivity contribution >= 4 is 17.1 Å². The number of imidazole rings is 1. The molecule has 6 heteroatoms. The molecule has 0 aliphatic rings. The average Bonchev–Trinajstić information content (AvgIpc) is 2.96. The number of hydrogen-bond donors (Lipinski definition) is 0. The van der Waals surface area contributed by atoms with Gasteiger partial charge in [0, 0.05) is 5.69 Å². The average molecular weight is 311 g/mol. The molecule has 1 aromatic carbocycles. The number of hydrogen-bond acceptors (Lipinski definition) is 5. The standard InChI is InChI=1S/C17H17N3O3/c1-11-8-14(17(21)23-3)15-16(19-11)20(10-18-15)9-12-4-6-13(22-2)7-5-12/h4-8,10H,9H2,1-3H3. The number of nitrogens with zero attached hydrogens (tertiary/aromatic N) is 3. The van der Waals surface area contributed by atoms with E-state index in [0.29, 0.717) is 23.3 Å². The highest BCUT2D eigenvalue weighted by Crippen LogP contribution is 2.20. The van der Waals surface area contributed by atoms with Crippen LogP contribution < -0.4 is 4.74 Å². The van der Waals surface area contributed by atoms with Crippen molar-refractivity contribution in [2.24, 2.45) is 0 Å². The maximum atomic E-state index is 11.9. The molecule has 0 atom stereocenters. The van der Waals surface area contributed by atoms with Crippen LogP contribution in [-0.2, 0) is 11.3 Å². The van der Waals surface area contributed by atoms with Crippen molar-refractivity contribution in [2.45, 2.75) is 13.5 Å². The van der Waals surface area contributed by atoms with Gasteiger partial charge in [-0.05, 0) is 30.7 Å². The zero-order valence-electron chi connectivity index (χ0n) is 13.2. The smallest absolute Gasteiger partial charge is 0.340 e. The van der Waals surface area contributed by atoms with Gasteiger partial charge in [0.25, 0.3) is 0 Å². The lowest BCUT2D eigenvalue weighted by Crippen LogP contribution is -2.05. The highest BCUT2D eigenvalue weighted by atomic mass is 16.5. The van der Waals surface area contributed by atoms with Crippen LogP contribution >= 0.6 is 0 Å². The molecule has 0 bridgehead atoms. The van der Waals surface area contributed by atoms with Crippen molar-refractivity contribution in [1.29, 1.82) is 0 Å². The van der Waals surface area contributed by atoms with Crippen LogP contribution in [0, 0.1) is 6.92 Å². The van der Waals surface area contributed by atoms with Crippen LogP contribution in [0.1, 0.15) is 21.6 Å². The number of pyridine rings is 1. The normalized spacial score (nSPS) is 10.7. The van der Waals surface area contributed by atoms with E-state index in [2.05, 4.69) is 9.97 Å². The van der Waals surface area contributed by atoms with E-state index in [0.717, 1.165) is 17.0 Å². The number of carbonyl (C=O) groups excluding carboxylic acids is 1. The zero-order valence-corrected chi connectivity index (χ0v) is 13.2. The van der Waals surface area contributed by atoms with Crippen LogP contribution in [0.2, 0.25) is 0 Å². The number of fused-ring (bicyclic) bond motifs is 1. The van der Waals surface area contributed by atoms with Gasteiger partial charge in [-0.1, -0.05) is 12.1 Å². The Labute approximate surface area is 133 Å². The van der Waals surface area contributed by atoms with Crippen molar-refractivity contribution in [3.8, 4) is 5.75 Å². The van der Waals surface area contributed by atoms with Gasteiger partial charge in [0.1, 0.15) is 11.3 Å². The maximum Gasteiger partial charge on any atom is 0.340 e. The van der Waals surface area contributed by atoms with Crippen LogP contribution in [0.5, 0.6) is 5.75 Å². The molecular formula is C17H17N3O3. The molecule has 23 heavy (non-hydrogen) atoms. The fourth-order valence-electron chi connectivity index (χ4n) is 2.47. The molecule has 0 amide bonds. The summed E-state index contributed by atoms with van der Waals surface area (Å²) in [5.41, 5.74) is 3.49.